The van der Waals surface area contributed by atoms with E-state index in [0.29, 0.717) is 5.75 Å². The van der Waals surface area contributed by atoms with Gasteiger partial charge in [0, 0.05) is 23.0 Å². The van der Waals surface area contributed by atoms with Gasteiger partial charge in [-0.3, -0.25) is 4.79 Å². The summed E-state index contributed by atoms with van der Waals surface area (Å²) in [7, 11) is -4.49. The number of hydroxylamine groups is 1. The number of hydrogen-bond donors (Lipinski definition) is 2. The van der Waals surface area contributed by atoms with Crippen molar-refractivity contribution in [3.8, 4) is 5.75 Å². The average molecular weight is 474 g/mol. The van der Waals surface area contributed by atoms with Crippen molar-refractivity contribution in [1.82, 2.24) is 14.8 Å². The van der Waals surface area contributed by atoms with E-state index in [-0.39, 0.29) is 17.9 Å². The minimum atomic E-state index is -3.96. The van der Waals surface area contributed by atoms with Crippen molar-refractivity contribution in [1.29, 1.82) is 0 Å². The number of aromatic nitrogens is 1. The number of methoxy groups -OCH3 is 1. The van der Waals surface area contributed by atoms with Crippen LogP contribution in [-0.2, 0) is 32.3 Å². The van der Waals surface area contributed by atoms with Gasteiger partial charge in [0.25, 0.3) is 5.91 Å². The summed E-state index contributed by atoms with van der Waals surface area (Å²) in [5, 5.41) is 0.993. The van der Waals surface area contributed by atoms with E-state index in [1.165, 1.54) is 23.5 Å². The number of rotatable bonds is 6. The van der Waals surface area contributed by atoms with Gasteiger partial charge < -0.3 is 14.2 Å². The van der Waals surface area contributed by atoms with Crippen molar-refractivity contribution in [3.63, 3.8) is 0 Å². The summed E-state index contributed by atoms with van der Waals surface area (Å²) in [6.07, 6.45) is 0.246. The Morgan fingerprint density at radius 1 is 1.12 bits per heavy atom. The van der Waals surface area contributed by atoms with Crippen LogP contribution >= 0.6 is 0 Å². The van der Waals surface area contributed by atoms with Gasteiger partial charge in [0.2, 0.25) is 18.3 Å². The second-order valence-electron chi connectivity index (χ2n) is 8.75. The first-order valence-electron chi connectivity index (χ1n) is 10.3. The number of benzene rings is 2. The summed E-state index contributed by atoms with van der Waals surface area (Å²) in [5.74, 6) is 0.0822. The minimum absolute atomic E-state index is 0.0589. The smallest absolute Gasteiger partial charge is 0.261 e. The van der Waals surface area contributed by atoms with Gasteiger partial charge in [-0.15, -0.1) is 0 Å². The number of ether oxygens (including phenoxy) is 1. The van der Waals surface area contributed by atoms with Crippen LogP contribution in [0.2, 0.25) is 19.6 Å². The minimum Gasteiger partial charge on any atom is -0.497 e. The van der Waals surface area contributed by atoms with Crippen LogP contribution < -0.4 is 10.2 Å². The molecule has 1 amide bonds. The molecule has 2 N–H and O–H groups in total. The quantitative estimate of drug-likeness (QED) is 0.423. The molecule has 0 radical (unpaired) electrons. The summed E-state index contributed by atoms with van der Waals surface area (Å²) >= 11 is 0. The molecule has 0 aliphatic carbocycles. The fourth-order valence-electron chi connectivity index (χ4n) is 3.82. The molecule has 10 heteroatoms. The number of fused-ring (bicyclic) bond motifs is 3. The monoisotopic (exact) mass is 473 g/mol. The van der Waals surface area contributed by atoms with Gasteiger partial charge in [-0.2, -0.15) is 4.31 Å². The third-order valence-corrected chi connectivity index (χ3v) is 7.97. The summed E-state index contributed by atoms with van der Waals surface area (Å²) in [5.41, 5.74) is 5.18. The summed E-state index contributed by atoms with van der Waals surface area (Å²) in [6.45, 7) is 5.89. The van der Waals surface area contributed by atoms with E-state index in [4.69, 9.17) is 9.26 Å². The molecule has 8 nitrogen and oxygen atoms in total. The lowest BCUT2D eigenvalue weighted by molar-refractivity contribution is -0.132. The first-order chi connectivity index (χ1) is 15.1. The van der Waals surface area contributed by atoms with Crippen LogP contribution in [0.15, 0.2) is 53.4 Å². The first-order valence-corrected chi connectivity index (χ1v) is 15.2. The van der Waals surface area contributed by atoms with Crippen LogP contribution in [0.5, 0.6) is 5.75 Å². The fourth-order valence-corrected chi connectivity index (χ4v) is 5.78. The molecule has 0 saturated carbocycles. The molecule has 2 heterocycles. The Morgan fingerprint density at radius 2 is 1.81 bits per heavy atom. The summed E-state index contributed by atoms with van der Waals surface area (Å²) < 4.78 is 39.2. The average Bonchev–Trinajstić information content (AvgIpc) is 3.14. The number of sulfonamides is 1. The third-order valence-electron chi connectivity index (χ3n) is 5.39. The van der Waals surface area contributed by atoms with Gasteiger partial charge in [0.15, 0.2) is 0 Å². The highest BCUT2D eigenvalue weighted by Crippen LogP contribution is 2.34. The molecule has 0 unspecified atom stereocenters. The molecular formula is C22H27N3O5SSi. The number of nitrogens with zero attached hydrogens (tertiary/aromatic N) is 1. The van der Waals surface area contributed by atoms with Gasteiger partial charge in [0.05, 0.1) is 18.6 Å². The molecule has 32 heavy (non-hydrogen) atoms. The lowest BCUT2D eigenvalue weighted by Gasteiger charge is -2.34. The number of nitrogens with one attached hydrogen (secondary N) is 2. The molecule has 1 atom stereocenters. The molecule has 3 aromatic rings. The number of carbonyl (C=O) groups excluding carboxylic acids is 1. The highest BCUT2D eigenvalue weighted by Gasteiger charge is 2.41. The SMILES string of the molecule is COc1ccc(S(=O)(=O)N2Cc3[nH]c4ccccc4c3C[C@@H]2C(=O)NO[Si](C)(C)C)cc1. The Balaban J connectivity index is 1.75. The van der Waals surface area contributed by atoms with E-state index >= 15 is 0 Å². The van der Waals surface area contributed by atoms with Crippen LogP contribution in [-0.4, -0.2) is 45.1 Å². The Bertz CT molecular complexity index is 1250. The molecule has 1 aromatic heterocycles. The van der Waals surface area contributed by atoms with Crippen LogP contribution in [0, 0.1) is 0 Å². The Labute approximate surface area is 188 Å². The third kappa shape index (κ3) is 4.31. The molecule has 2 aromatic carbocycles. The second-order valence-corrected chi connectivity index (χ2v) is 15.1. The molecule has 1 aliphatic rings. The first kappa shape index (κ1) is 22.5. The van der Waals surface area contributed by atoms with Gasteiger partial charge in [-0.05, 0) is 55.5 Å². The number of carbonyl (C=O) groups is 1. The summed E-state index contributed by atoms with van der Waals surface area (Å²) in [4.78, 5) is 16.6. The molecule has 0 fully saturated rings. The van der Waals surface area contributed by atoms with E-state index in [1.807, 2.05) is 43.9 Å². The largest absolute Gasteiger partial charge is 0.497 e. The van der Waals surface area contributed by atoms with Crippen LogP contribution in [0.3, 0.4) is 0 Å². The summed E-state index contributed by atoms with van der Waals surface area (Å²) in [6, 6.07) is 13.0. The van der Waals surface area contributed by atoms with E-state index < -0.39 is 30.3 Å². The molecule has 4 rings (SSSR count). The highest BCUT2D eigenvalue weighted by molar-refractivity contribution is 7.89. The van der Waals surface area contributed by atoms with Crippen LogP contribution in [0.4, 0.5) is 0 Å². The van der Waals surface area contributed by atoms with Crippen LogP contribution in [0.1, 0.15) is 11.3 Å². The standard InChI is InChI=1S/C22H27N3O5SSi/c1-29-15-9-11-16(12-10-15)31(27,28)25-14-20-18(17-7-5-6-8-19(17)23-20)13-21(25)22(26)24-30-32(2,3)4/h5-12,21,23H,13-14H2,1-4H3,(H,24,26)/t21-/m1/s1. The Hall–Kier alpha value is -2.66. The van der Waals surface area contributed by atoms with Gasteiger partial charge in [-0.1, -0.05) is 18.2 Å². The normalized spacial score (nSPS) is 17.2. The van der Waals surface area contributed by atoms with Crippen molar-refractivity contribution >= 4 is 35.2 Å². The van der Waals surface area contributed by atoms with E-state index in [2.05, 4.69) is 10.5 Å². The van der Waals surface area contributed by atoms with Gasteiger partial charge in [0.1, 0.15) is 11.8 Å². The van der Waals surface area contributed by atoms with Crippen molar-refractivity contribution < 1.29 is 22.5 Å². The van der Waals surface area contributed by atoms with E-state index in [1.54, 1.807) is 12.1 Å². The number of hydrogen-bond acceptors (Lipinski definition) is 5. The zero-order valence-corrected chi connectivity index (χ0v) is 20.3. The zero-order chi connectivity index (χ0) is 23.1. The predicted molar refractivity (Wildman–Crippen MR) is 124 cm³/mol. The molecule has 0 saturated heterocycles. The maximum atomic E-state index is 13.6. The Morgan fingerprint density at radius 3 is 2.47 bits per heavy atom. The predicted octanol–water partition coefficient (Wildman–Crippen LogP) is 3.17. The van der Waals surface area contributed by atoms with E-state index in [9.17, 15) is 13.2 Å². The van der Waals surface area contributed by atoms with Crippen molar-refractivity contribution in [2.24, 2.45) is 0 Å². The lowest BCUT2D eigenvalue weighted by atomic mass is 9.98. The van der Waals surface area contributed by atoms with Crippen molar-refractivity contribution in [3.05, 3.63) is 59.8 Å². The second kappa shape index (κ2) is 8.36. The van der Waals surface area contributed by atoms with E-state index in [0.717, 1.165) is 22.2 Å². The zero-order valence-electron chi connectivity index (χ0n) is 18.5. The highest BCUT2D eigenvalue weighted by atomic mass is 32.2. The molecule has 0 bridgehead atoms. The number of H-pyrrole nitrogens is 1. The topological polar surface area (TPSA) is 101 Å². The lowest BCUT2D eigenvalue weighted by Crippen LogP contribution is -2.53. The fraction of sp³-hybridized carbons (Fsp3) is 0.318. The van der Waals surface area contributed by atoms with Gasteiger partial charge >= 0.3 is 0 Å². The number of amides is 1. The van der Waals surface area contributed by atoms with Crippen molar-refractivity contribution in [2.45, 2.75) is 43.5 Å². The molecular weight excluding hydrogens is 446 g/mol. The van der Waals surface area contributed by atoms with Gasteiger partial charge in [-0.25, -0.2) is 13.9 Å². The maximum Gasteiger partial charge on any atom is 0.261 e. The maximum absolute atomic E-state index is 13.6. The number of para-hydroxylation sites is 1. The molecule has 1 aliphatic heterocycles. The molecule has 0 spiro atoms. The van der Waals surface area contributed by atoms with Crippen molar-refractivity contribution in [2.75, 3.05) is 7.11 Å². The Kier molecular flexibility index (Phi) is 5.88. The van der Waals surface area contributed by atoms with Crippen LogP contribution in [0.25, 0.3) is 10.9 Å². The molecule has 170 valence electrons. The number of aromatic amines is 1.